The van der Waals surface area contributed by atoms with Gasteiger partial charge in [0.1, 0.15) is 5.82 Å². The summed E-state index contributed by atoms with van der Waals surface area (Å²) in [5.74, 6) is -0.304. The van der Waals surface area contributed by atoms with Gasteiger partial charge < -0.3 is 5.32 Å². The Morgan fingerprint density at radius 1 is 1.14 bits per heavy atom. The van der Waals surface area contributed by atoms with E-state index >= 15 is 0 Å². The third-order valence-corrected chi connectivity index (χ3v) is 4.10. The van der Waals surface area contributed by atoms with Crippen LogP contribution in [0, 0.1) is 12.7 Å². The zero-order chi connectivity index (χ0) is 15.4. The van der Waals surface area contributed by atoms with Gasteiger partial charge in [-0.1, -0.05) is 54.4 Å². The summed E-state index contributed by atoms with van der Waals surface area (Å²) >= 11 is 6.14. The van der Waals surface area contributed by atoms with Crippen molar-refractivity contribution in [3.8, 4) is 0 Å². The maximum Gasteiger partial charge on any atom is 0.124 e. The van der Waals surface area contributed by atoms with E-state index in [2.05, 4.69) is 50.4 Å². The van der Waals surface area contributed by atoms with Crippen LogP contribution in [-0.4, -0.2) is 0 Å². The van der Waals surface area contributed by atoms with E-state index in [1.165, 1.54) is 23.3 Å². The normalized spacial score (nSPS) is 14.0. The number of nitrogens with one attached hydrogen (secondary N) is 1. The molecule has 0 aliphatic heterocycles. The molecule has 0 saturated heterocycles. The van der Waals surface area contributed by atoms with Crippen LogP contribution in [0.15, 0.2) is 42.5 Å². The first kappa shape index (κ1) is 16.0. The van der Waals surface area contributed by atoms with E-state index in [1.807, 2.05) is 0 Å². The van der Waals surface area contributed by atoms with E-state index < -0.39 is 0 Å². The lowest BCUT2D eigenvalue weighted by molar-refractivity contribution is 0.456. The third-order valence-electron chi connectivity index (χ3n) is 3.77. The van der Waals surface area contributed by atoms with Crippen LogP contribution in [0.1, 0.15) is 49.0 Å². The van der Waals surface area contributed by atoms with E-state index in [1.54, 1.807) is 6.07 Å². The SMILES string of the molecule is CCC(NC(C)c1ccc(F)cc1Cl)c1ccc(C)cc1. The second-order valence-electron chi connectivity index (χ2n) is 5.43. The molecule has 2 rings (SSSR count). The Hall–Kier alpha value is -1.38. The van der Waals surface area contributed by atoms with Crippen molar-refractivity contribution in [2.24, 2.45) is 0 Å². The molecule has 0 bridgehead atoms. The third kappa shape index (κ3) is 4.05. The molecule has 0 fully saturated rings. The lowest BCUT2D eigenvalue weighted by Crippen LogP contribution is -2.24. The molecule has 1 nitrogen and oxygen atoms in total. The Balaban J connectivity index is 2.15. The van der Waals surface area contributed by atoms with E-state index in [4.69, 9.17) is 11.6 Å². The second-order valence-corrected chi connectivity index (χ2v) is 5.83. The standard InChI is InChI=1S/C18H21ClFN/c1-4-18(14-7-5-12(2)6-8-14)21-13(3)16-10-9-15(20)11-17(16)19/h5-11,13,18,21H,4H2,1-3H3. The van der Waals surface area contributed by atoms with Crippen molar-refractivity contribution < 1.29 is 4.39 Å². The van der Waals surface area contributed by atoms with Gasteiger partial charge in [-0.15, -0.1) is 0 Å². The molecule has 21 heavy (non-hydrogen) atoms. The highest BCUT2D eigenvalue weighted by Crippen LogP contribution is 2.27. The van der Waals surface area contributed by atoms with E-state index in [0.717, 1.165) is 12.0 Å². The first-order valence-electron chi connectivity index (χ1n) is 7.28. The van der Waals surface area contributed by atoms with Gasteiger partial charge in [-0.25, -0.2) is 4.39 Å². The Bertz CT molecular complexity index is 595. The van der Waals surface area contributed by atoms with Crippen LogP contribution in [0.4, 0.5) is 4.39 Å². The lowest BCUT2D eigenvalue weighted by atomic mass is 10.0. The first-order chi connectivity index (χ1) is 10.0. The lowest BCUT2D eigenvalue weighted by Gasteiger charge is -2.24. The summed E-state index contributed by atoms with van der Waals surface area (Å²) < 4.78 is 13.1. The van der Waals surface area contributed by atoms with Gasteiger partial charge in [-0.2, -0.15) is 0 Å². The van der Waals surface area contributed by atoms with Crippen molar-refractivity contribution in [1.29, 1.82) is 0 Å². The summed E-state index contributed by atoms with van der Waals surface area (Å²) in [6.07, 6.45) is 0.978. The molecule has 0 aliphatic carbocycles. The smallest absolute Gasteiger partial charge is 0.124 e. The highest BCUT2D eigenvalue weighted by atomic mass is 35.5. The van der Waals surface area contributed by atoms with Gasteiger partial charge in [-0.05, 0) is 43.5 Å². The summed E-state index contributed by atoms with van der Waals surface area (Å²) in [5.41, 5.74) is 3.43. The van der Waals surface area contributed by atoms with Crippen LogP contribution >= 0.6 is 11.6 Å². The predicted molar refractivity (Wildman–Crippen MR) is 87.2 cm³/mol. The van der Waals surface area contributed by atoms with E-state index in [-0.39, 0.29) is 17.9 Å². The zero-order valence-electron chi connectivity index (χ0n) is 12.7. The largest absolute Gasteiger partial charge is 0.303 e. The minimum Gasteiger partial charge on any atom is -0.303 e. The molecule has 0 amide bonds. The van der Waals surface area contributed by atoms with Crippen LogP contribution in [-0.2, 0) is 0 Å². The monoisotopic (exact) mass is 305 g/mol. The molecule has 0 saturated carbocycles. The van der Waals surface area contributed by atoms with Crippen molar-refractivity contribution in [1.82, 2.24) is 5.32 Å². The number of aryl methyl sites for hydroxylation is 1. The highest BCUT2D eigenvalue weighted by Gasteiger charge is 2.16. The van der Waals surface area contributed by atoms with Gasteiger partial charge in [0.05, 0.1) is 0 Å². The molecule has 0 aliphatic rings. The second kappa shape index (κ2) is 7.06. The molecule has 0 spiro atoms. The van der Waals surface area contributed by atoms with E-state index in [0.29, 0.717) is 5.02 Å². The number of hydrogen-bond acceptors (Lipinski definition) is 1. The molecule has 3 heteroatoms. The molecule has 2 aromatic carbocycles. The molecular weight excluding hydrogens is 285 g/mol. The van der Waals surface area contributed by atoms with Gasteiger partial charge in [0, 0.05) is 17.1 Å². The Morgan fingerprint density at radius 3 is 2.38 bits per heavy atom. The Morgan fingerprint density at radius 2 is 1.81 bits per heavy atom. The van der Waals surface area contributed by atoms with Crippen LogP contribution in [0.5, 0.6) is 0 Å². The van der Waals surface area contributed by atoms with Gasteiger partial charge in [0.15, 0.2) is 0 Å². The van der Waals surface area contributed by atoms with E-state index in [9.17, 15) is 4.39 Å². The number of hydrogen-bond donors (Lipinski definition) is 1. The summed E-state index contributed by atoms with van der Waals surface area (Å²) in [7, 11) is 0. The fourth-order valence-electron chi connectivity index (χ4n) is 2.49. The molecule has 0 heterocycles. The van der Waals surface area contributed by atoms with Gasteiger partial charge in [0.2, 0.25) is 0 Å². The summed E-state index contributed by atoms with van der Waals surface area (Å²) in [6, 6.07) is 13.4. The highest BCUT2D eigenvalue weighted by molar-refractivity contribution is 6.31. The van der Waals surface area contributed by atoms with Crippen LogP contribution < -0.4 is 5.32 Å². The average molecular weight is 306 g/mol. The molecular formula is C18H21ClFN. The number of benzene rings is 2. The van der Waals surface area contributed by atoms with Crippen molar-refractivity contribution in [3.05, 3.63) is 70.0 Å². The summed E-state index contributed by atoms with van der Waals surface area (Å²) in [5, 5.41) is 4.04. The predicted octanol–water partition coefficient (Wildman–Crippen LogP) is 5.59. The van der Waals surface area contributed by atoms with Crippen LogP contribution in [0.25, 0.3) is 0 Å². The fourth-order valence-corrected chi connectivity index (χ4v) is 2.82. The molecule has 112 valence electrons. The Labute approximate surface area is 131 Å². The van der Waals surface area contributed by atoms with Crippen LogP contribution in [0.2, 0.25) is 5.02 Å². The maximum atomic E-state index is 13.1. The molecule has 2 atom stereocenters. The summed E-state index contributed by atoms with van der Waals surface area (Å²) in [6.45, 7) is 6.28. The first-order valence-corrected chi connectivity index (χ1v) is 7.66. The minimum atomic E-state index is -0.304. The number of rotatable bonds is 5. The summed E-state index contributed by atoms with van der Waals surface area (Å²) in [4.78, 5) is 0. The molecule has 0 radical (unpaired) electrons. The maximum absolute atomic E-state index is 13.1. The molecule has 1 N–H and O–H groups in total. The van der Waals surface area contributed by atoms with Crippen molar-refractivity contribution in [3.63, 3.8) is 0 Å². The quantitative estimate of drug-likeness (QED) is 0.759. The minimum absolute atomic E-state index is 0.0596. The Kier molecular flexibility index (Phi) is 5.38. The number of halogens is 2. The topological polar surface area (TPSA) is 12.0 Å². The fraction of sp³-hybridized carbons (Fsp3) is 0.333. The van der Waals surface area contributed by atoms with Gasteiger partial charge in [-0.3, -0.25) is 0 Å². The van der Waals surface area contributed by atoms with Gasteiger partial charge >= 0.3 is 0 Å². The zero-order valence-corrected chi connectivity index (χ0v) is 13.4. The molecule has 2 aromatic rings. The average Bonchev–Trinajstić information content (AvgIpc) is 2.45. The van der Waals surface area contributed by atoms with Gasteiger partial charge in [0.25, 0.3) is 0 Å². The molecule has 2 unspecified atom stereocenters. The van der Waals surface area contributed by atoms with Crippen molar-refractivity contribution in [2.75, 3.05) is 0 Å². The van der Waals surface area contributed by atoms with Crippen LogP contribution in [0.3, 0.4) is 0 Å². The molecule has 0 aromatic heterocycles. The van der Waals surface area contributed by atoms with Crippen molar-refractivity contribution in [2.45, 2.75) is 39.3 Å². The van der Waals surface area contributed by atoms with Crippen molar-refractivity contribution >= 4 is 11.6 Å².